The molecule has 0 spiro atoms. The lowest BCUT2D eigenvalue weighted by Gasteiger charge is -2.32. The fourth-order valence-corrected chi connectivity index (χ4v) is 4.33. The molecule has 0 atom stereocenters. The van der Waals surface area contributed by atoms with Crippen LogP contribution in [0.4, 0.5) is 5.00 Å². The van der Waals surface area contributed by atoms with Crippen LogP contribution in [0.25, 0.3) is 10.9 Å². The van der Waals surface area contributed by atoms with E-state index in [4.69, 9.17) is 5.73 Å². The molecule has 1 aliphatic rings. The zero-order chi connectivity index (χ0) is 17.4. The number of hydrogen-bond donors (Lipinski definition) is 1. The maximum atomic E-state index is 12.8. The van der Waals surface area contributed by atoms with E-state index >= 15 is 0 Å². The summed E-state index contributed by atoms with van der Waals surface area (Å²) in [4.78, 5) is 19.1. The number of carbonyl (C=O) groups is 1. The number of benzene rings is 1. The Kier molecular flexibility index (Phi) is 4.13. The zero-order valence-corrected chi connectivity index (χ0v) is 14.9. The highest BCUT2D eigenvalue weighted by Crippen LogP contribution is 2.33. The predicted molar refractivity (Wildman–Crippen MR) is 101 cm³/mol. The maximum absolute atomic E-state index is 12.8. The van der Waals surface area contributed by atoms with Gasteiger partial charge in [0.1, 0.15) is 5.00 Å². The maximum Gasteiger partial charge on any atom is 0.258 e. The van der Waals surface area contributed by atoms with Crippen molar-refractivity contribution < 1.29 is 4.79 Å². The molecule has 0 radical (unpaired) electrons. The van der Waals surface area contributed by atoms with Gasteiger partial charge in [0.2, 0.25) is 0 Å². The highest BCUT2D eigenvalue weighted by atomic mass is 32.1. The van der Waals surface area contributed by atoms with Gasteiger partial charge in [-0.2, -0.15) is 4.37 Å². The summed E-state index contributed by atoms with van der Waals surface area (Å²) >= 11 is 1.20. The molecule has 128 valence electrons. The van der Waals surface area contributed by atoms with Crippen molar-refractivity contribution in [1.29, 1.82) is 0 Å². The molecule has 4 rings (SSSR count). The van der Waals surface area contributed by atoms with Crippen molar-refractivity contribution in [2.45, 2.75) is 25.7 Å². The number of nitrogens with two attached hydrogens (primary N) is 1. The van der Waals surface area contributed by atoms with Crippen molar-refractivity contribution in [3.8, 4) is 0 Å². The number of para-hydroxylation sites is 1. The summed E-state index contributed by atoms with van der Waals surface area (Å²) in [5.74, 6) is 0.470. The first-order valence-corrected chi connectivity index (χ1v) is 9.27. The van der Waals surface area contributed by atoms with Crippen molar-refractivity contribution in [2.24, 2.45) is 0 Å². The SMILES string of the molecule is Cc1nsc(N)c1C(=O)N1CCC(c2ccnc3ccccc23)CC1. The standard InChI is InChI=1S/C19H20N4OS/c1-12-17(18(20)25-22-12)19(24)23-10-7-13(8-11-23)14-6-9-21-16-5-3-2-4-15(14)16/h2-6,9,13H,7-8,10-11,20H2,1H3. The van der Waals surface area contributed by atoms with Crippen molar-refractivity contribution in [2.75, 3.05) is 18.8 Å². The number of rotatable bonds is 2. The Balaban J connectivity index is 1.53. The second-order valence-corrected chi connectivity index (χ2v) is 7.30. The molecule has 5 nitrogen and oxygen atoms in total. The van der Waals surface area contributed by atoms with Crippen molar-refractivity contribution >= 4 is 33.3 Å². The number of hydrogen-bond acceptors (Lipinski definition) is 5. The molecule has 3 aromatic rings. The number of nitrogen functional groups attached to an aromatic ring is 1. The first-order valence-electron chi connectivity index (χ1n) is 8.50. The van der Waals surface area contributed by atoms with E-state index in [2.05, 4.69) is 27.6 Å². The normalized spacial score (nSPS) is 15.6. The number of aromatic nitrogens is 2. The molecule has 1 amide bonds. The molecular formula is C19H20N4OS. The van der Waals surface area contributed by atoms with E-state index < -0.39 is 0 Å². The minimum Gasteiger partial charge on any atom is -0.389 e. The Labute approximate surface area is 150 Å². The van der Waals surface area contributed by atoms with Crippen LogP contribution in [-0.4, -0.2) is 33.3 Å². The van der Waals surface area contributed by atoms with Crippen LogP contribution in [-0.2, 0) is 0 Å². The quantitative estimate of drug-likeness (QED) is 0.765. The molecule has 3 heterocycles. The number of carbonyl (C=O) groups excluding carboxylic acids is 1. The van der Waals surface area contributed by atoms with E-state index in [1.165, 1.54) is 22.5 Å². The fourth-order valence-electron chi connectivity index (χ4n) is 3.67. The van der Waals surface area contributed by atoms with Gasteiger partial charge in [-0.1, -0.05) is 18.2 Å². The van der Waals surface area contributed by atoms with Gasteiger partial charge >= 0.3 is 0 Å². The first kappa shape index (κ1) is 16.0. The van der Waals surface area contributed by atoms with E-state index in [0.29, 0.717) is 16.5 Å². The lowest BCUT2D eigenvalue weighted by molar-refractivity contribution is 0.0714. The Hall–Kier alpha value is -2.47. The number of amides is 1. The monoisotopic (exact) mass is 352 g/mol. The van der Waals surface area contributed by atoms with Gasteiger partial charge in [0.15, 0.2) is 0 Å². The highest BCUT2D eigenvalue weighted by Gasteiger charge is 2.28. The van der Waals surface area contributed by atoms with E-state index in [-0.39, 0.29) is 5.91 Å². The van der Waals surface area contributed by atoms with Crippen molar-refractivity contribution in [1.82, 2.24) is 14.3 Å². The molecule has 2 aromatic heterocycles. The van der Waals surface area contributed by atoms with E-state index in [0.717, 1.165) is 37.1 Å². The van der Waals surface area contributed by atoms with Crippen LogP contribution < -0.4 is 5.73 Å². The molecule has 0 saturated carbocycles. The van der Waals surface area contributed by atoms with Crippen molar-refractivity contribution in [3.05, 3.63) is 53.3 Å². The molecular weight excluding hydrogens is 332 g/mol. The number of nitrogens with zero attached hydrogens (tertiary/aromatic N) is 3. The molecule has 0 bridgehead atoms. The summed E-state index contributed by atoms with van der Waals surface area (Å²) < 4.78 is 4.19. The van der Waals surface area contributed by atoms with Crippen LogP contribution in [0.5, 0.6) is 0 Å². The average molecular weight is 352 g/mol. The predicted octanol–water partition coefficient (Wildman–Crippen LogP) is 3.60. The van der Waals surface area contributed by atoms with E-state index in [1.54, 1.807) is 0 Å². The van der Waals surface area contributed by atoms with Crippen LogP contribution in [0.3, 0.4) is 0 Å². The van der Waals surface area contributed by atoms with Gasteiger partial charge < -0.3 is 10.6 Å². The number of pyridine rings is 1. The summed E-state index contributed by atoms with van der Waals surface area (Å²) in [5, 5.41) is 1.74. The van der Waals surface area contributed by atoms with Gasteiger partial charge in [0, 0.05) is 24.7 Å². The smallest absolute Gasteiger partial charge is 0.258 e. The number of piperidine rings is 1. The lowest BCUT2D eigenvalue weighted by Crippen LogP contribution is -2.38. The lowest BCUT2D eigenvalue weighted by atomic mass is 9.87. The number of likely N-dealkylation sites (tertiary alicyclic amines) is 1. The van der Waals surface area contributed by atoms with Crippen LogP contribution in [0.2, 0.25) is 0 Å². The Morgan fingerprint density at radius 2 is 2.00 bits per heavy atom. The van der Waals surface area contributed by atoms with Crippen LogP contribution in [0, 0.1) is 6.92 Å². The van der Waals surface area contributed by atoms with Gasteiger partial charge in [0.25, 0.3) is 5.91 Å². The molecule has 1 fully saturated rings. The van der Waals surface area contributed by atoms with Gasteiger partial charge in [-0.05, 0) is 54.9 Å². The van der Waals surface area contributed by atoms with Crippen molar-refractivity contribution in [3.63, 3.8) is 0 Å². The van der Waals surface area contributed by atoms with Gasteiger partial charge in [-0.15, -0.1) is 0 Å². The summed E-state index contributed by atoms with van der Waals surface area (Å²) in [6.07, 6.45) is 3.79. The molecule has 0 unspecified atom stereocenters. The van der Waals surface area contributed by atoms with E-state index in [9.17, 15) is 4.79 Å². The second-order valence-electron chi connectivity index (χ2n) is 6.49. The summed E-state index contributed by atoms with van der Waals surface area (Å²) in [7, 11) is 0. The number of fused-ring (bicyclic) bond motifs is 1. The molecule has 1 aromatic carbocycles. The molecule has 1 saturated heterocycles. The summed E-state index contributed by atoms with van der Waals surface area (Å²) in [6, 6.07) is 10.4. The average Bonchev–Trinajstić information content (AvgIpc) is 2.99. The van der Waals surface area contributed by atoms with Gasteiger partial charge in [0.05, 0.1) is 16.8 Å². The second kappa shape index (κ2) is 6.44. The first-order chi connectivity index (χ1) is 12.1. The Bertz CT molecular complexity index is 903. The molecule has 2 N–H and O–H groups in total. The number of aryl methyl sites for hydroxylation is 1. The highest BCUT2D eigenvalue weighted by molar-refractivity contribution is 7.10. The van der Waals surface area contributed by atoms with E-state index in [1.807, 2.05) is 30.2 Å². The molecule has 25 heavy (non-hydrogen) atoms. The Morgan fingerprint density at radius 3 is 2.72 bits per heavy atom. The summed E-state index contributed by atoms with van der Waals surface area (Å²) in [5.41, 5.74) is 9.62. The zero-order valence-electron chi connectivity index (χ0n) is 14.1. The minimum absolute atomic E-state index is 0.0155. The van der Waals surface area contributed by atoms with Gasteiger partial charge in [-0.25, -0.2) is 0 Å². The minimum atomic E-state index is 0.0155. The number of anilines is 1. The largest absolute Gasteiger partial charge is 0.389 e. The third kappa shape index (κ3) is 2.87. The molecule has 0 aliphatic carbocycles. The summed E-state index contributed by atoms with van der Waals surface area (Å²) in [6.45, 7) is 3.33. The third-order valence-electron chi connectivity index (χ3n) is 5.01. The third-order valence-corrected chi connectivity index (χ3v) is 5.77. The fraction of sp³-hybridized carbons (Fsp3) is 0.316. The molecule has 6 heteroatoms. The van der Waals surface area contributed by atoms with Gasteiger partial charge in [-0.3, -0.25) is 9.78 Å². The molecule has 1 aliphatic heterocycles. The topological polar surface area (TPSA) is 72.1 Å². The van der Waals surface area contributed by atoms with Crippen LogP contribution >= 0.6 is 11.5 Å². The van der Waals surface area contributed by atoms with Crippen LogP contribution in [0.1, 0.15) is 40.4 Å². The van der Waals surface area contributed by atoms with Crippen LogP contribution in [0.15, 0.2) is 36.5 Å². The Morgan fingerprint density at radius 1 is 1.24 bits per heavy atom.